The lowest BCUT2D eigenvalue weighted by atomic mass is 10.0. The normalized spacial score (nSPS) is 13.6. The molecule has 1 aliphatic rings. The molecule has 2 N–H and O–H groups in total. The second kappa shape index (κ2) is 5.78. The molecule has 96 valence electrons. The van der Waals surface area contributed by atoms with Gasteiger partial charge in [0.25, 0.3) is 11.8 Å². The summed E-state index contributed by atoms with van der Waals surface area (Å²) in [6.45, 7) is 0.251. The molecule has 1 heterocycles. The van der Waals surface area contributed by atoms with Crippen LogP contribution in [0.4, 0.5) is 0 Å². The zero-order chi connectivity index (χ0) is 13.0. The van der Waals surface area contributed by atoms with Crippen LogP contribution >= 0.6 is 0 Å². The summed E-state index contributed by atoms with van der Waals surface area (Å²) in [5.74, 6) is -0.596. The van der Waals surface area contributed by atoms with Gasteiger partial charge in [-0.1, -0.05) is 18.9 Å². The van der Waals surface area contributed by atoms with E-state index in [0.29, 0.717) is 11.1 Å². The lowest BCUT2D eigenvalue weighted by molar-refractivity contribution is 0.0879. The molecule has 0 saturated heterocycles. The monoisotopic (exact) mass is 247 g/mol. The molecule has 0 aliphatic carbocycles. The molecule has 2 rings (SSSR count). The Morgan fingerprint density at radius 3 is 2.44 bits per heavy atom. The Labute approximate surface area is 106 Å². The summed E-state index contributed by atoms with van der Waals surface area (Å²) in [6, 6.07) is 5.43. The zero-order valence-corrected chi connectivity index (χ0v) is 10.2. The lowest BCUT2D eigenvalue weighted by Crippen LogP contribution is -2.19. The first-order valence-corrected chi connectivity index (χ1v) is 6.32. The molecular weight excluding hydrogens is 230 g/mol. The largest absolute Gasteiger partial charge is 0.396 e. The standard InChI is InChI=1S/C14H17NO3/c16-8-4-2-1-3-5-10-6-7-11-12(9-10)14(18)15-13(11)17/h6-7,9,16H,1-5,8H2,(H,15,17,18). The molecule has 2 amide bonds. The SMILES string of the molecule is O=C1NC(=O)c2cc(CCCCCCO)ccc21. The Morgan fingerprint density at radius 1 is 0.944 bits per heavy atom. The molecule has 1 aliphatic heterocycles. The number of carbonyl (C=O) groups is 2. The first-order valence-electron chi connectivity index (χ1n) is 6.32. The maximum Gasteiger partial charge on any atom is 0.258 e. The fraction of sp³-hybridized carbons (Fsp3) is 0.429. The minimum Gasteiger partial charge on any atom is -0.396 e. The van der Waals surface area contributed by atoms with Gasteiger partial charge in [-0.25, -0.2) is 0 Å². The van der Waals surface area contributed by atoms with Crippen molar-refractivity contribution in [3.63, 3.8) is 0 Å². The smallest absolute Gasteiger partial charge is 0.258 e. The van der Waals surface area contributed by atoms with Crippen molar-refractivity contribution in [3.8, 4) is 0 Å². The molecule has 0 saturated carbocycles. The van der Waals surface area contributed by atoms with Crippen molar-refractivity contribution >= 4 is 11.8 Å². The van der Waals surface area contributed by atoms with Gasteiger partial charge in [-0.3, -0.25) is 14.9 Å². The van der Waals surface area contributed by atoms with E-state index in [4.69, 9.17) is 5.11 Å². The molecular formula is C14H17NO3. The number of benzene rings is 1. The van der Waals surface area contributed by atoms with E-state index in [1.54, 1.807) is 6.07 Å². The average molecular weight is 247 g/mol. The van der Waals surface area contributed by atoms with E-state index < -0.39 is 0 Å². The quantitative estimate of drug-likeness (QED) is 0.593. The second-order valence-electron chi connectivity index (χ2n) is 4.55. The van der Waals surface area contributed by atoms with Crippen molar-refractivity contribution in [2.75, 3.05) is 6.61 Å². The van der Waals surface area contributed by atoms with Crippen molar-refractivity contribution in [2.45, 2.75) is 32.1 Å². The summed E-state index contributed by atoms with van der Waals surface area (Å²) in [7, 11) is 0. The molecule has 4 nitrogen and oxygen atoms in total. The molecule has 0 atom stereocenters. The molecule has 0 aromatic heterocycles. The summed E-state index contributed by atoms with van der Waals surface area (Å²) in [4.78, 5) is 22.8. The molecule has 0 unspecified atom stereocenters. The van der Waals surface area contributed by atoms with E-state index in [0.717, 1.165) is 37.7 Å². The van der Waals surface area contributed by atoms with Crippen LogP contribution in [0.1, 0.15) is 52.0 Å². The molecule has 0 bridgehead atoms. The summed E-state index contributed by atoms with van der Waals surface area (Å²) in [6.07, 6.45) is 4.89. The predicted molar refractivity (Wildman–Crippen MR) is 67.5 cm³/mol. The first-order chi connectivity index (χ1) is 8.72. The Hall–Kier alpha value is -1.68. The highest BCUT2D eigenvalue weighted by Gasteiger charge is 2.26. The number of aliphatic hydroxyl groups excluding tert-OH is 1. The van der Waals surface area contributed by atoms with Crippen LogP contribution in [0.5, 0.6) is 0 Å². The topological polar surface area (TPSA) is 66.4 Å². The number of hydrogen-bond donors (Lipinski definition) is 2. The molecule has 1 aromatic carbocycles. The van der Waals surface area contributed by atoms with Crippen LogP contribution in [0, 0.1) is 0 Å². The maximum atomic E-state index is 11.5. The number of nitrogens with one attached hydrogen (secondary N) is 1. The van der Waals surface area contributed by atoms with Crippen molar-refractivity contribution in [3.05, 3.63) is 34.9 Å². The third-order valence-corrected chi connectivity index (χ3v) is 3.17. The minimum absolute atomic E-state index is 0.251. The van der Waals surface area contributed by atoms with Crippen LogP contribution in [-0.2, 0) is 6.42 Å². The van der Waals surface area contributed by atoms with Crippen molar-refractivity contribution in [1.82, 2.24) is 5.32 Å². The first kappa shape index (κ1) is 12.8. The highest BCUT2D eigenvalue weighted by molar-refractivity contribution is 6.21. The molecule has 18 heavy (non-hydrogen) atoms. The van der Waals surface area contributed by atoms with E-state index in [2.05, 4.69) is 5.32 Å². The van der Waals surface area contributed by atoms with Gasteiger partial charge in [-0.2, -0.15) is 0 Å². The molecule has 0 radical (unpaired) electrons. The minimum atomic E-state index is -0.301. The number of carbonyl (C=O) groups excluding carboxylic acids is 2. The van der Waals surface area contributed by atoms with E-state index in [-0.39, 0.29) is 18.4 Å². The number of aryl methyl sites for hydroxylation is 1. The molecule has 1 aromatic rings. The zero-order valence-electron chi connectivity index (χ0n) is 10.2. The van der Waals surface area contributed by atoms with Crippen LogP contribution in [0.3, 0.4) is 0 Å². The highest BCUT2D eigenvalue weighted by atomic mass is 16.3. The van der Waals surface area contributed by atoms with Crippen molar-refractivity contribution in [1.29, 1.82) is 0 Å². The van der Waals surface area contributed by atoms with Gasteiger partial charge >= 0.3 is 0 Å². The number of aliphatic hydroxyl groups is 1. The number of rotatable bonds is 6. The van der Waals surface area contributed by atoms with Crippen LogP contribution < -0.4 is 5.32 Å². The number of fused-ring (bicyclic) bond motifs is 1. The third-order valence-electron chi connectivity index (χ3n) is 3.17. The van der Waals surface area contributed by atoms with Crippen LogP contribution in [-0.4, -0.2) is 23.5 Å². The highest BCUT2D eigenvalue weighted by Crippen LogP contribution is 2.18. The maximum absolute atomic E-state index is 11.5. The van der Waals surface area contributed by atoms with Crippen LogP contribution in [0.15, 0.2) is 18.2 Å². The molecule has 4 heteroatoms. The predicted octanol–water partition coefficient (Wildman–Crippen LogP) is 1.67. The fourth-order valence-electron chi connectivity index (χ4n) is 2.17. The third kappa shape index (κ3) is 2.76. The summed E-state index contributed by atoms with van der Waals surface area (Å²) in [5, 5.41) is 11.0. The van der Waals surface area contributed by atoms with Crippen LogP contribution in [0.2, 0.25) is 0 Å². The second-order valence-corrected chi connectivity index (χ2v) is 4.55. The molecule has 0 spiro atoms. The van der Waals surface area contributed by atoms with E-state index in [9.17, 15) is 9.59 Å². The van der Waals surface area contributed by atoms with Gasteiger partial charge in [0, 0.05) is 6.61 Å². The Balaban J connectivity index is 1.93. The van der Waals surface area contributed by atoms with Gasteiger partial charge in [-0.05, 0) is 37.0 Å². The number of imide groups is 1. The van der Waals surface area contributed by atoms with Gasteiger partial charge in [0.15, 0.2) is 0 Å². The lowest BCUT2D eigenvalue weighted by Gasteiger charge is -2.03. The Morgan fingerprint density at radius 2 is 1.67 bits per heavy atom. The van der Waals surface area contributed by atoms with E-state index in [1.807, 2.05) is 12.1 Å². The number of unbranched alkanes of at least 4 members (excludes halogenated alkanes) is 3. The summed E-state index contributed by atoms with van der Waals surface area (Å²) in [5.41, 5.74) is 2.06. The van der Waals surface area contributed by atoms with E-state index >= 15 is 0 Å². The van der Waals surface area contributed by atoms with Gasteiger partial charge in [0.1, 0.15) is 0 Å². The Kier molecular flexibility index (Phi) is 4.10. The number of hydrogen-bond acceptors (Lipinski definition) is 3. The average Bonchev–Trinajstić information content (AvgIpc) is 2.65. The van der Waals surface area contributed by atoms with Gasteiger partial charge in [0.2, 0.25) is 0 Å². The van der Waals surface area contributed by atoms with Crippen LogP contribution in [0.25, 0.3) is 0 Å². The summed E-state index contributed by atoms with van der Waals surface area (Å²) >= 11 is 0. The van der Waals surface area contributed by atoms with Crippen molar-refractivity contribution < 1.29 is 14.7 Å². The van der Waals surface area contributed by atoms with Gasteiger partial charge in [-0.15, -0.1) is 0 Å². The fourth-order valence-corrected chi connectivity index (χ4v) is 2.17. The van der Waals surface area contributed by atoms with Gasteiger partial charge < -0.3 is 5.11 Å². The van der Waals surface area contributed by atoms with Gasteiger partial charge in [0.05, 0.1) is 11.1 Å². The van der Waals surface area contributed by atoms with Crippen molar-refractivity contribution in [2.24, 2.45) is 0 Å². The number of amides is 2. The molecule has 0 fully saturated rings. The Bertz CT molecular complexity index is 468. The summed E-state index contributed by atoms with van der Waals surface area (Å²) < 4.78 is 0. The van der Waals surface area contributed by atoms with E-state index in [1.165, 1.54) is 0 Å².